The minimum Gasteiger partial charge on any atom is -0.361 e. The first kappa shape index (κ1) is 18.7. The first-order valence-electron chi connectivity index (χ1n) is 9.64. The SMILES string of the molecule is Cc1ccn(CCc2c[nH]c3ccccc23)c(=O)c1C(=O)NCCc1cnc[nH]1. The Kier molecular flexibility index (Phi) is 5.29. The van der Waals surface area contributed by atoms with E-state index in [2.05, 4.69) is 26.3 Å². The maximum Gasteiger partial charge on any atom is 0.263 e. The fourth-order valence-electron chi connectivity index (χ4n) is 3.52. The molecule has 1 amide bonds. The zero-order valence-electron chi connectivity index (χ0n) is 16.2. The van der Waals surface area contributed by atoms with Crippen LogP contribution in [0.5, 0.6) is 0 Å². The van der Waals surface area contributed by atoms with Gasteiger partial charge in [0.25, 0.3) is 11.5 Å². The molecule has 0 atom stereocenters. The number of nitrogens with zero attached hydrogens (tertiary/aromatic N) is 2. The van der Waals surface area contributed by atoms with Crippen LogP contribution in [0.25, 0.3) is 10.9 Å². The van der Waals surface area contributed by atoms with Crippen LogP contribution in [-0.2, 0) is 19.4 Å². The summed E-state index contributed by atoms with van der Waals surface area (Å²) in [5.41, 5.74) is 3.79. The number of benzene rings is 1. The number of aromatic nitrogens is 4. The Morgan fingerprint density at radius 3 is 2.86 bits per heavy atom. The lowest BCUT2D eigenvalue weighted by Gasteiger charge is -2.11. The summed E-state index contributed by atoms with van der Waals surface area (Å²) in [5, 5.41) is 3.99. The molecule has 1 aromatic carbocycles. The van der Waals surface area contributed by atoms with Gasteiger partial charge in [0.2, 0.25) is 0 Å². The minimum atomic E-state index is -0.339. The second kappa shape index (κ2) is 8.18. The number of para-hydroxylation sites is 1. The molecular formula is C22H23N5O2. The van der Waals surface area contributed by atoms with Gasteiger partial charge in [-0.3, -0.25) is 9.59 Å². The highest BCUT2D eigenvalue weighted by atomic mass is 16.2. The predicted octanol–water partition coefficient (Wildman–Crippen LogP) is 2.58. The first-order chi connectivity index (χ1) is 14.1. The molecule has 0 saturated carbocycles. The number of carbonyl (C=O) groups excluding carboxylic acids is 1. The Balaban J connectivity index is 1.47. The van der Waals surface area contributed by atoms with Crippen LogP contribution in [0.3, 0.4) is 0 Å². The maximum atomic E-state index is 12.9. The molecule has 0 radical (unpaired) electrons. The van der Waals surface area contributed by atoms with E-state index in [1.165, 1.54) is 0 Å². The van der Waals surface area contributed by atoms with E-state index in [0.29, 0.717) is 31.5 Å². The van der Waals surface area contributed by atoms with E-state index in [0.717, 1.165) is 22.2 Å². The van der Waals surface area contributed by atoms with Crippen LogP contribution in [0.2, 0.25) is 0 Å². The summed E-state index contributed by atoms with van der Waals surface area (Å²) in [4.78, 5) is 35.7. The Morgan fingerprint density at radius 1 is 1.17 bits per heavy atom. The van der Waals surface area contributed by atoms with Gasteiger partial charge in [-0.25, -0.2) is 4.98 Å². The van der Waals surface area contributed by atoms with Crippen molar-refractivity contribution < 1.29 is 4.79 Å². The van der Waals surface area contributed by atoms with E-state index in [-0.39, 0.29) is 17.0 Å². The van der Waals surface area contributed by atoms with Crippen molar-refractivity contribution in [2.75, 3.05) is 6.54 Å². The van der Waals surface area contributed by atoms with Gasteiger partial charge in [-0.15, -0.1) is 0 Å². The molecule has 4 aromatic rings. The molecular weight excluding hydrogens is 366 g/mol. The molecule has 0 saturated heterocycles. The smallest absolute Gasteiger partial charge is 0.263 e. The number of fused-ring (bicyclic) bond motifs is 1. The summed E-state index contributed by atoms with van der Waals surface area (Å²) in [6, 6.07) is 9.91. The summed E-state index contributed by atoms with van der Waals surface area (Å²) in [5.74, 6) is -0.339. The number of amides is 1. The van der Waals surface area contributed by atoms with Gasteiger partial charge in [0.15, 0.2) is 0 Å². The zero-order valence-corrected chi connectivity index (χ0v) is 16.2. The number of pyridine rings is 1. The van der Waals surface area contributed by atoms with Crippen molar-refractivity contribution in [3.63, 3.8) is 0 Å². The number of H-pyrrole nitrogens is 2. The van der Waals surface area contributed by atoms with Gasteiger partial charge in [0.05, 0.1) is 6.33 Å². The standard InChI is InChI=1S/C22H23N5O2/c1-15-7-10-27(11-8-16-12-25-19-5-3-2-4-18(16)19)22(29)20(15)21(28)24-9-6-17-13-23-14-26-17/h2-5,7,10,12-14,25H,6,8-9,11H2,1H3,(H,23,26)(H,24,28). The Hall–Kier alpha value is -3.61. The van der Waals surface area contributed by atoms with Crippen LogP contribution in [0.4, 0.5) is 0 Å². The first-order valence-corrected chi connectivity index (χ1v) is 9.64. The van der Waals surface area contributed by atoms with Gasteiger partial charge in [-0.2, -0.15) is 0 Å². The third-order valence-corrected chi connectivity index (χ3v) is 5.13. The molecule has 29 heavy (non-hydrogen) atoms. The molecule has 0 aliphatic rings. The molecule has 3 heterocycles. The van der Waals surface area contributed by atoms with Gasteiger partial charge in [0, 0.05) is 54.7 Å². The van der Waals surface area contributed by atoms with Gasteiger partial charge in [-0.05, 0) is 36.6 Å². The lowest BCUT2D eigenvalue weighted by atomic mass is 10.1. The average Bonchev–Trinajstić information content (AvgIpc) is 3.37. The lowest BCUT2D eigenvalue weighted by Crippen LogP contribution is -2.35. The molecule has 0 aliphatic heterocycles. The summed E-state index contributed by atoms with van der Waals surface area (Å²) in [6.45, 7) is 2.73. The molecule has 0 spiro atoms. The number of imidazole rings is 1. The van der Waals surface area contributed by atoms with Crippen molar-refractivity contribution in [3.8, 4) is 0 Å². The van der Waals surface area contributed by atoms with Crippen LogP contribution >= 0.6 is 0 Å². The fourth-order valence-corrected chi connectivity index (χ4v) is 3.52. The van der Waals surface area contributed by atoms with Crippen molar-refractivity contribution in [1.29, 1.82) is 0 Å². The second-order valence-electron chi connectivity index (χ2n) is 7.06. The Bertz CT molecular complexity index is 1190. The van der Waals surface area contributed by atoms with Crippen LogP contribution in [0, 0.1) is 6.92 Å². The average molecular weight is 389 g/mol. The molecule has 0 bridgehead atoms. The van der Waals surface area contributed by atoms with E-state index >= 15 is 0 Å². The lowest BCUT2D eigenvalue weighted by molar-refractivity contribution is 0.0951. The van der Waals surface area contributed by atoms with E-state index in [4.69, 9.17) is 0 Å². The van der Waals surface area contributed by atoms with Gasteiger partial charge in [0.1, 0.15) is 5.56 Å². The van der Waals surface area contributed by atoms with Crippen molar-refractivity contribution in [2.45, 2.75) is 26.3 Å². The van der Waals surface area contributed by atoms with Crippen LogP contribution in [0.1, 0.15) is 27.2 Å². The predicted molar refractivity (Wildman–Crippen MR) is 112 cm³/mol. The quantitative estimate of drug-likeness (QED) is 0.453. The molecule has 0 unspecified atom stereocenters. The number of hydrogen-bond donors (Lipinski definition) is 3. The maximum absolute atomic E-state index is 12.9. The highest BCUT2D eigenvalue weighted by Crippen LogP contribution is 2.18. The third-order valence-electron chi connectivity index (χ3n) is 5.13. The van der Waals surface area contributed by atoms with E-state index in [1.54, 1.807) is 30.2 Å². The molecule has 148 valence electrons. The number of hydrogen-bond acceptors (Lipinski definition) is 3. The van der Waals surface area contributed by atoms with Crippen LogP contribution < -0.4 is 10.9 Å². The highest BCUT2D eigenvalue weighted by molar-refractivity contribution is 5.95. The normalized spacial score (nSPS) is 11.1. The molecule has 3 aromatic heterocycles. The molecule has 7 nitrogen and oxygen atoms in total. The van der Waals surface area contributed by atoms with Crippen molar-refractivity contribution in [2.24, 2.45) is 0 Å². The summed E-state index contributed by atoms with van der Waals surface area (Å²) < 4.78 is 1.61. The third kappa shape index (κ3) is 3.99. The molecule has 0 aliphatic carbocycles. The number of aryl methyl sites for hydroxylation is 3. The van der Waals surface area contributed by atoms with Gasteiger partial charge < -0.3 is 19.9 Å². The second-order valence-corrected chi connectivity index (χ2v) is 7.06. The van der Waals surface area contributed by atoms with Crippen molar-refractivity contribution in [1.82, 2.24) is 24.8 Å². The molecule has 4 rings (SSSR count). The Labute approximate surface area is 167 Å². The van der Waals surface area contributed by atoms with E-state index in [1.807, 2.05) is 30.5 Å². The van der Waals surface area contributed by atoms with Gasteiger partial charge in [-0.1, -0.05) is 18.2 Å². The molecule has 0 fully saturated rings. The summed E-state index contributed by atoms with van der Waals surface area (Å²) >= 11 is 0. The van der Waals surface area contributed by atoms with Crippen LogP contribution in [-0.4, -0.2) is 32.0 Å². The molecule has 3 N–H and O–H groups in total. The van der Waals surface area contributed by atoms with Crippen molar-refractivity contribution >= 4 is 16.8 Å². The van der Waals surface area contributed by atoms with E-state index in [9.17, 15) is 9.59 Å². The van der Waals surface area contributed by atoms with Gasteiger partial charge >= 0.3 is 0 Å². The van der Waals surface area contributed by atoms with Crippen LogP contribution in [0.15, 0.2) is 60.0 Å². The summed E-state index contributed by atoms with van der Waals surface area (Å²) in [7, 11) is 0. The molecule has 7 heteroatoms. The topological polar surface area (TPSA) is 95.6 Å². The largest absolute Gasteiger partial charge is 0.361 e. The number of carbonyl (C=O) groups is 1. The number of nitrogens with one attached hydrogen (secondary N) is 3. The van der Waals surface area contributed by atoms with Crippen molar-refractivity contribution in [3.05, 3.63) is 88.0 Å². The Morgan fingerprint density at radius 2 is 2.03 bits per heavy atom. The summed E-state index contributed by atoms with van der Waals surface area (Å²) in [6.07, 6.45) is 8.39. The minimum absolute atomic E-state index is 0.205. The number of rotatable bonds is 7. The highest BCUT2D eigenvalue weighted by Gasteiger charge is 2.16. The number of aromatic amines is 2. The fraction of sp³-hybridized carbons (Fsp3) is 0.227. The van der Waals surface area contributed by atoms with E-state index < -0.39 is 0 Å². The monoisotopic (exact) mass is 389 g/mol. The zero-order chi connectivity index (χ0) is 20.2.